The minimum atomic E-state index is 0.00288. The maximum atomic E-state index is 12.6. The molecular formula is C21H21N3O2S. The number of nitrogens with zero attached hydrogens (tertiary/aromatic N) is 2. The average molecular weight is 379 g/mol. The van der Waals surface area contributed by atoms with Crippen molar-refractivity contribution in [1.29, 1.82) is 0 Å². The fourth-order valence-electron chi connectivity index (χ4n) is 3.36. The van der Waals surface area contributed by atoms with Crippen LogP contribution in [0.3, 0.4) is 0 Å². The fourth-order valence-corrected chi connectivity index (χ4v) is 4.38. The van der Waals surface area contributed by atoms with E-state index in [1.165, 1.54) is 11.6 Å². The van der Waals surface area contributed by atoms with Crippen molar-refractivity contribution < 1.29 is 9.59 Å². The van der Waals surface area contributed by atoms with Gasteiger partial charge in [-0.05, 0) is 56.2 Å². The maximum absolute atomic E-state index is 12.6. The Morgan fingerprint density at radius 3 is 2.44 bits per heavy atom. The van der Waals surface area contributed by atoms with Crippen LogP contribution in [0.5, 0.6) is 0 Å². The number of Topliss-reactive ketones (excluding diaryl/α,β-unsaturated/α-hetero) is 1. The smallest absolute Gasteiger partial charge is 0.227 e. The molecule has 0 saturated carbocycles. The molecule has 0 unspecified atom stereocenters. The molecule has 1 aliphatic heterocycles. The Bertz CT molecular complexity index is 940. The quantitative estimate of drug-likeness (QED) is 0.685. The molecule has 1 aromatic heterocycles. The summed E-state index contributed by atoms with van der Waals surface area (Å²) < 4.78 is 1.20. The van der Waals surface area contributed by atoms with Crippen molar-refractivity contribution in [3.63, 3.8) is 0 Å². The van der Waals surface area contributed by atoms with Crippen LogP contribution in [-0.4, -0.2) is 29.8 Å². The number of amides is 1. The normalized spacial score (nSPS) is 15.1. The van der Waals surface area contributed by atoms with Crippen LogP contribution < -0.4 is 10.2 Å². The maximum Gasteiger partial charge on any atom is 0.227 e. The summed E-state index contributed by atoms with van der Waals surface area (Å²) in [5.74, 6) is 0.0766. The molecule has 0 aliphatic carbocycles. The van der Waals surface area contributed by atoms with Gasteiger partial charge >= 0.3 is 0 Å². The lowest BCUT2D eigenvalue weighted by atomic mass is 9.96. The summed E-state index contributed by atoms with van der Waals surface area (Å²) in [5, 5.41) is 4.01. The summed E-state index contributed by atoms with van der Waals surface area (Å²) in [6, 6.07) is 15.2. The van der Waals surface area contributed by atoms with Gasteiger partial charge in [0.1, 0.15) is 0 Å². The van der Waals surface area contributed by atoms with Gasteiger partial charge in [-0.25, -0.2) is 4.98 Å². The molecule has 0 radical (unpaired) electrons. The summed E-state index contributed by atoms with van der Waals surface area (Å²) in [6.45, 7) is 3.20. The van der Waals surface area contributed by atoms with Crippen molar-refractivity contribution in [3.05, 3.63) is 54.1 Å². The molecule has 27 heavy (non-hydrogen) atoms. The van der Waals surface area contributed by atoms with E-state index in [-0.39, 0.29) is 17.6 Å². The molecule has 1 N–H and O–H groups in total. The monoisotopic (exact) mass is 379 g/mol. The lowest BCUT2D eigenvalue weighted by Gasteiger charge is -2.31. The molecule has 2 heterocycles. The van der Waals surface area contributed by atoms with Crippen molar-refractivity contribution in [2.75, 3.05) is 23.3 Å². The van der Waals surface area contributed by atoms with E-state index >= 15 is 0 Å². The summed E-state index contributed by atoms with van der Waals surface area (Å²) >= 11 is 1.71. The SMILES string of the molecule is CC(=O)c1ccc(NC(=O)C2CCN(c3nc4ccccc4s3)CC2)cc1. The largest absolute Gasteiger partial charge is 0.348 e. The Hall–Kier alpha value is -2.73. The van der Waals surface area contributed by atoms with Crippen LogP contribution in [0.4, 0.5) is 10.8 Å². The van der Waals surface area contributed by atoms with Crippen LogP contribution in [0.2, 0.25) is 0 Å². The number of nitrogens with one attached hydrogen (secondary N) is 1. The molecule has 6 heteroatoms. The fraction of sp³-hybridized carbons (Fsp3) is 0.286. The molecule has 138 valence electrons. The van der Waals surface area contributed by atoms with Crippen LogP contribution in [-0.2, 0) is 4.79 Å². The minimum absolute atomic E-state index is 0.00288. The molecule has 5 nitrogen and oxygen atoms in total. The molecule has 4 rings (SSSR count). The number of fused-ring (bicyclic) bond motifs is 1. The molecule has 0 atom stereocenters. The van der Waals surface area contributed by atoms with Gasteiger partial charge in [-0.2, -0.15) is 0 Å². The zero-order chi connectivity index (χ0) is 18.8. The van der Waals surface area contributed by atoms with Crippen molar-refractivity contribution in [3.8, 4) is 0 Å². The Labute approximate surface area is 162 Å². The first kappa shape index (κ1) is 17.7. The van der Waals surface area contributed by atoms with Crippen molar-refractivity contribution >= 4 is 44.1 Å². The molecule has 0 spiro atoms. The number of carbonyl (C=O) groups excluding carboxylic acids is 2. The second kappa shape index (κ2) is 7.48. The molecule has 2 aromatic carbocycles. The van der Waals surface area contributed by atoms with E-state index in [2.05, 4.69) is 16.3 Å². The van der Waals surface area contributed by atoms with Gasteiger partial charge in [-0.1, -0.05) is 23.5 Å². The third-order valence-electron chi connectivity index (χ3n) is 4.98. The van der Waals surface area contributed by atoms with Crippen LogP contribution in [0.1, 0.15) is 30.1 Å². The van der Waals surface area contributed by atoms with Crippen molar-refractivity contribution in [1.82, 2.24) is 4.98 Å². The van der Waals surface area contributed by atoms with Gasteiger partial charge in [0.05, 0.1) is 10.2 Å². The number of hydrogen-bond donors (Lipinski definition) is 1. The number of anilines is 2. The highest BCUT2D eigenvalue weighted by molar-refractivity contribution is 7.22. The lowest BCUT2D eigenvalue weighted by molar-refractivity contribution is -0.120. The van der Waals surface area contributed by atoms with Crippen LogP contribution in [0.15, 0.2) is 48.5 Å². The molecule has 3 aromatic rings. The predicted octanol–water partition coefficient (Wildman–Crippen LogP) is 4.35. The number of carbonyl (C=O) groups is 2. The highest BCUT2D eigenvalue weighted by Crippen LogP contribution is 2.31. The van der Waals surface area contributed by atoms with E-state index in [0.717, 1.165) is 42.3 Å². The Kier molecular flexibility index (Phi) is 4.90. The van der Waals surface area contributed by atoms with Gasteiger partial charge in [0.15, 0.2) is 10.9 Å². The van der Waals surface area contributed by atoms with Crippen LogP contribution in [0.25, 0.3) is 10.2 Å². The molecule has 1 saturated heterocycles. The number of benzene rings is 2. The summed E-state index contributed by atoms with van der Waals surface area (Å²) in [7, 11) is 0. The van der Waals surface area contributed by atoms with Crippen molar-refractivity contribution in [2.24, 2.45) is 5.92 Å². The molecular weight excluding hydrogens is 358 g/mol. The zero-order valence-corrected chi connectivity index (χ0v) is 16.0. The lowest BCUT2D eigenvalue weighted by Crippen LogP contribution is -2.38. The average Bonchev–Trinajstić information content (AvgIpc) is 3.13. The number of para-hydroxylation sites is 1. The first-order valence-corrected chi connectivity index (χ1v) is 9.94. The van der Waals surface area contributed by atoms with E-state index in [1.54, 1.807) is 35.6 Å². The standard InChI is InChI=1S/C21H21N3O2S/c1-14(25)15-6-8-17(9-7-15)22-20(26)16-10-12-24(13-11-16)21-23-18-4-2-3-5-19(18)27-21/h2-9,16H,10-13H2,1H3,(H,22,26). The van der Waals surface area contributed by atoms with Gasteiger partial charge in [-0.15, -0.1) is 0 Å². The minimum Gasteiger partial charge on any atom is -0.348 e. The van der Waals surface area contributed by atoms with Gasteiger partial charge < -0.3 is 10.2 Å². The number of thiazole rings is 1. The second-order valence-corrected chi connectivity index (χ2v) is 7.86. The molecule has 0 bridgehead atoms. The van der Waals surface area contributed by atoms with Gasteiger partial charge in [0.2, 0.25) is 5.91 Å². The van der Waals surface area contributed by atoms with Crippen LogP contribution in [0, 0.1) is 5.92 Å². The number of aromatic nitrogens is 1. The topological polar surface area (TPSA) is 62.3 Å². The number of hydrogen-bond acceptors (Lipinski definition) is 5. The Balaban J connectivity index is 1.35. The second-order valence-electron chi connectivity index (χ2n) is 6.85. The first-order valence-electron chi connectivity index (χ1n) is 9.12. The highest BCUT2D eigenvalue weighted by Gasteiger charge is 2.26. The van der Waals surface area contributed by atoms with E-state index in [1.807, 2.05) is 18.2 Å². The summed E-state index contributed by atoms with van der Waals surface area (Å²) in [5.41, 5.74) is 2.42. The Morgan fingerprint density at radius 1 is 1.07 bits per heavy atom. The molecule has 1 amide bonds. The van der Waals surface area contributed by atoms with Gasteiger partial charge in [0.25, 0.3) is 0 Å². The third-order valence-corrected chi connectivity index (χ3v) is 6.08. The number of rotatable bonds is 4. The third kappa shape index (κ3) is 3.85. The summed E-state index contributed by atoms with van der Waals surface area (Å²) in [6.07, 6.45) is 1.63. The molecule has 1 fully saturated rings. The molecule has 1 aliphatic rings. The van der Waals surface area contributed by atoms with Crippen molar-refractivity contribution in [2.45, 2.75) is 19.8 Å². The van der Waals surface area contributed by atoms with Gasteiger partial charge in [-0.3, -0.25) is 9.59 Å². The Morgan fingerprint density at radius 2 is 1.78 bits per heavy atom. The van der Waals surface area contributed by atoms with E-state index in [4.69, 9.17) is 4.98 Å². The van der Waals surface area contributed by atoms with E-state index in [0.29, 0.717) is 5.56 Å². The van der Waals surface area contributed by atoms with Gasteiger partial charge in [0, 0.05) is 30.3 Å². The van der Waals surface area contributed by atoms with E-state index in [9.17, 15) is 9.59 Å². The van der Waals surface area contributed by atoms with Crippen LogP contribution >= 0.6 is 11.3 Å². The predicted molar refractivity (Wildman–Crippen MR) is 110 cm³/mol. The first-order chi connectivity index (χ1) is 13.1. The zero-order valence-electron chi connectivity index (χ0n) is 15.1. The number of piperidine rings is 1. The highest BCUT2D eigenvalue weighted by atomic mass is 32.1. The van der Waals surface area contributed by atoms with E-state index < -0.39 is 0 Å². The summed E-state index contributed by atoms with van der Waals surface area (Å²) in [4.78, 5) is 30.9. The number of ketones is 1.